The van der Waals surface area contributed by atoms with E-state index in [0.29, 0.717) is 17.9 Å². The van der Waals surface area contributed by atoms with Crippen molar-refractivity contribution in [1.82, 2.24) is 4.90 Å². The van der Waals surface area contributed by atoms with Gasteiger partial charge < -0.3 is 9.47 Å². The summed E-state index contributed by atoms with van der Waals surface area (Å²) in [5.74, 6) is -1.48. The molecule has 0 N–H and O–H groups in total. The van der Waals surface area contributed by atoms with E-state index in [2.05, 4.69) is 63.7 Å². The maximum Gasteiger partial charge on any atom is 0.514 e. The normalized spacial score (nSPS) is 13.0. The van der Waals surface area contributed by atoms with Crippen LogP contribution in [-0.2, 0) is 4.74 Å². The molecule has 0 spiro atoms. The van der Waals surface area contributed by atoms with Crippen LogP contribution in [0, 0.1) is 0 Å². The number of nitrogens with zero attached hydrogens (tertiary/aromatic N) is 1. The van der Waals surface area contributed by atoms with E-state index in [-0.39, 0.29) is 55.1 Å². The van der Waals surface area contributed by atoms with E-state index >= 15 is 0 Å². The van der Waals surface area contributed by atoms with Gasteiger partial charge in [-0.3, -0.25) is 14.5 Å². The van der Waals surface area contributed by atoms with Gasteiger partial charge in [-0.15, -0.1) is 0 Å². The average molecular weight is 799 g/mol. The fraction of sp³-hybridized carbons (Fsp3) is 0.118. The van der Waals surface area contributed by atoms with Gasteiger partial charge in [-0.25, -0.2) is 4.79 Å². The van der Waals surface area contributed by atoms with Crippen LogP contribution >= 0.6 is 122 Å². The van der Waals surface area contributed by atoms with Crippen LogP contribution in [0.3, 0.4) is 0 Å². The minimum absolute atomic E-state index is 0.106. The lowest BCUT2D eigenvalue weighted by molar-refractivity contribution is 0.0562. The molecule has 3 rings (SSSR count). The van der Waals surface area contributed by atoms with Crippen LogP contribution < -0.4 is 4.74 Å². The molecule has 2 aromatic rings. The third-order valence-electron chi connectivity index (χ3n) is 4.07. The molecule has 0 saturated heterocycles. The molecule has 15 heteroatoms. The van der Waals surface area contributed by atoms with Crippen LogP contribution in [0.1, 0.15) is 20.7 Å². The zero-order valence-corrected chi connectivity index (χ0v) is 24.9. The summed E-state index contributed by atoms with van der Waals surface area (Å²) in [5, 5.41) is -0.913. The predicted molar refractivity (Wildman–Crippen MR) is 136 cm³/mol. The topological polar surface area (TPSA) is 72.9 Å². The summed E-state index contributed by atoms with van der Waals surface area (Å²) in [7, 11) is 0. The number of imide groups is 1. The summed E-state index contributed by atoms with van der Waals surface area (Å²) in [4.78, 5) is 38.6. The summed E-state index contributed by atoms with van der Waals surface area (Å²) < 4.78 is 11.8. The Labute approximate surface area is 239 Å². The fourth-order valence-corrected chi connectivity index (χ4v) is 6.26. The molecule has 1 heterocycles. The van der Waals surface area contributed by atoms with Gasteiger partial charge in [0.15, 0.2) is 5.75 Å². The Morgan fingerprint density at radius 1 is 0.719 bits per heavy atom. The quantitative estimate of drug-likeness (QED) is 0.102. The lowest BCUT2D eigenvalue weighted by Crippen LogP contribution is -2.33. The number of fused-ring (bicyclic) bond motifs is 1. The number of halogens is 9. The zero-order chi connectivity index (χ0) is 24.1. The molecule has 170 valence electrons. The maximum absolute atomic E-state index is 12.8. The summed E-state index contributed by atoms with van der Waals surface area (Å²) >= 11 is 43.0. The Kier molecular flexibility index (Phi) is 8.76. The van der Waals surface area contributed by atoms with Crippen molar-refractivity contribution < 1.29 is 23.9 Å². The van der Waals surface area contributed by atoms with Gasteiger partial charge in [0.05, 0.1) is 32.7 Å². The number of carbonyl (C=O) groups is 3. The second-order valence-electron chi connectivity index (χ2n) is 5.87. The Morgan fingerprint density at radius 2 is 1.12 bits per heavy atom. The van der Waals surface area contributed by atoms with Crippen molar-refractivity contribution in [2.24, 2.45) is 0 Å². The summed E-state index contributed by atoms with van der Waals surface area (Å²) in [6.07, 6.45) is -1.22. The predicted octanol–water partition coefficient (Wildman–Crippen LogP) is 8.82. The van der Waals surface area contributed by atoms with Gasteiger partial charge in [0.1, 0.15) is 16.7 Å². The largest absolute Gasteiger partial charge is 0.514 e. The number of benzene rings is 2. The first kappa shape index (κ1) is 26.8. The lowest BCUT2D eigenvalue weighted by Gasteiger charge is -2.15. The zero-order valence-electron chi connectivity index (χ0n) is 14.8. The maximum atomic E-state index is 12.8. The van der Waals surface area contributed by atoms with Gasteiger partial charge in [0, 0.05) is 17.9 Å². The van der Waals surface area contributed by atoms with E-state index in [9.17, 15) is 14.4 Å². The van der Waals surface area contributed by atoms with Crippen LogP contribution in [0.25, 0.3) is 0 Å². The van der Waals surface area contributed by atoms with Gasteiger partial charge in [-0.05, 0) is 63.7 Å². The molecule has 0 aromatic heterocycles. The van der Waals surface area contributed by atoms with Crippen molar-refractivity contribution in [2.45, 2.75) is 0 Å². The van der Waals surface area contributed by atoms with Crippen molar-refractivity contribution in [3.8, 4) is 5.75 Å². The molecule has 32 heavy (non-hydrogen) atoms. The Morgan fingerprint density at radius 3 is 1.56 bits per heavy atom. The van der Waals surface area contributed by atoms with Crippen LogP contribution in [0.15, 0.2) is 17.9 Å². The Bertz CT molecular complexity index is 1130. The summed E-state index contributed by atoms with van der Waals surface area (Å²) in [6.45, 7) is -0.606. The fourth-order valence-electron chi connectivity index (χ4n) is 2.61. The lowest BCUT2D eigenvalue weighted by atomic mass is 10.1. The minimum atomic E-state index is -1.22. The first-order valence-corrected chi connectivity index (χ1v) is 13.0. The molecule has 6 nitrogen and oxygen atoms in total. The minimum Gasteiger partial charge on any atom is -0.432 e. The third-order valence-corrected chi connectivity index (χ3v) is 11.1. The molecule has 0 saturated carbocycles. The molecule has 2 aromatic carbocycles. The SMILES string of the molecule is O=C(OCCN1C(=O)c2c(Br)c(Br)c(Br)c(Br)c2C1=O)Oc1c(Cl)c(Cl)c(Cl)c(Cl)c1Cl. The number of hydrogen-bond acceptors (Lipinski definition) is 5. The average Bonchev–Trinajstić information content (AvgIpc) is 3.01. The third kappa shape index (κ3) is 4.68. The summed E-state index contributed by atoms with van der Waals surface area (Å²) in [5.41, 5.74) is 0.340. The van der Waals surface area contributed by atoms with E-state index in [0.717, 1.165) is 4.90 Å². The Balaban J connectivity index is 1.71. The smallest absolute Gasteiger partial charge is 0.432 e. The van der Waals surface area contributed by atoms with Crippen molar-refractivity contribution in [3.05, 3.63) is 54.1 Å². The standard InChI is InChI=1S/C17H4Br4Cl5NO5/c18-5-3-4(6(19)8(21)7(5)20)16(29)27(15(3)28)1-2-31-17(30)32-14-12(25)10(23)9(22)11(24)13(14)26/h1-2H2. The second-order valence-corrected chi connectivity index (χ2v) is 10.9. The number of carbonyl (C=O) groups excluding carboxylic acids is 3. The van der Waals surface area contributed by atoms with E-state index < -0.39 is 18.0 Å². The van der Waals surface area contributed by atoms with Crippen molar-refractivity contribution in [2.75, 3.05) is 13.2 Å². The van der Waals surface area contributed by atoms with Gasteiger partial charge >= 0.3 is 6.16 Å². The van der Waals surface area contributed by atoms with E-state index in [1.807, 2.05) is 0 Å². The van der Waals surface area contributed by atoms with Crippen LogP contribution in [0.4, 0.5) is 4.79 Å². The molecule has 0 atom stereocenters. The van der Waals surface area contributed by atoms with E-state index in [1.165, 1.54) is 0 Å². The van der Waals surface area contributed by atoms with Gasteiger partial charge in [0.25, 0.3) is 11.8 Å². The highest BCUT2D eigenvalue weighted by Crippen LogP contribution is 2.48. The molecule has 2 amide bonds. The number of rotatable bonds is 4. The van der Waals surface area contributed by atoms with Crippen LogP contribution in [-0.4, -0.2) is 36.0 Å². The van der Waals surface area contributed by atoms with Crippen molar-refractivity contribution in [3.63, 3.8) is 0 Å². The molecular formula is C17H4Br4Cl5NO5. The number of ether oxygens (including phenoxy) is 2. The summed E-state index contributed by atoms with van der Waals surface area (Å²) in [6, 6.07) is 0. The molecule has 0 unspecified atom stereocenters. The molecule has 0 radical (unpaired) electrons. The molecular weight excluding hydrogens is 795 g/mol. The van der Waals surface area contributed by atoms with E-state index in [4.69, 9.17) is 67.5 Å². The molecule has 0 aliphatic carbocycles. The van der Waals surface area contributed by atoms with Gasteiger partial charge in [-0.2, -0.15) is 0 Å². The number of amides is 2. The molecule has 1 aliphatic rings. The highest BCUT2D eigenvalue weighted by atomic mass is 79.9. The van der Waals surface area contributed by atoms with Crippen molar-refractivity contribution in [1.29, 1.82) is 0 Å². The first-order valence-electron chi connectivity index (χ1n) is 7.98. The Hall–Kier alpha value is 0.220. The van der Waals surface area contributed by atoms with E-state index in [1.54, 1.807) is 0 Å². The highest BCUT2D eigenvalue weighted by Gasteiger charge is 2.41. The molecule has 1 aliphatic heterocycles. The monoisotopic (exact) mass is 793 g/mol. The highest BCUT2D eigenvalue weighted by molar-refractivity contribution is 9.15. The van der Waals surface area contributed by atoms with Crippen molar-refractivity contribution >= 4 is 140 Å². The first-order chi connectivity index (χ1) is 14.9. The van der Waals surface area contributed by atoms with Crippen LogP contribution in [0.5, 0.6) is 5.75 Å². The molecule has 0 bridgehead atoms. The molecule has 0 fully saturated rings. The van der Waals surface area contributed by atoms with Gasteiger partial charge in [0.2, 0.25) is 0 Å². The second kappa shape index (κ2) is 10.5. The van der Waals surface area contributed by atoms with Gasteiger partial charge in [-0.1, -0.05) is 58.0 Å². The van der Waals surface area contributed by atoms with Crippen LogP contribution in [0.2, 0.25) is 25.1 Å². The number of hydrogen-bond donors (Lipinski definition) is 0.